The van der Waals surface area contributed by atoms with Crippen LogP contribution in [-0.4, -0.2) is 10.2 Å². The molecule has 0 amide bonds. The predicted molar refractivity (Wildman–Crippen MR) is 50.1 cm³/mol. The molecule has 0 heterocycles. The number of unbranched alkanes of at least 4 members (excludes halogenated alkanes) is 2. The van der Waals surface area contributed by atoms with Crippen molar-refractivity contribution in [2.75, 3.05) is 0 Å². The van der Waals surface area contributed by atoms with Crippen LogP contribution in [0.1, 0.15) is 33.1 Å². The Balaban J connectivity index is 0. The first-order chi connectivity index (χ1) is 4.33. The molecule has 1 heteroatoms. The first-order valence-corrected chi connectivity index (χ1v) is 5.31. The number of allylic oxidation sites excluding steroid dienone is 1. The molecule has 0 saturated carbocycles. The van der Waals surface area contributed by atoms with E-state index in [0.29, 0.717) is 0 Å². The van der Waals surface area contributed by atoms with Gasteiger partial charge in [0.2, 0.25) is 0 Å². The Bertz CT molecular complexity index is 37.8. The van der Waals surface area contributed by atoms with Gasteiger partial charge in [-0.05, 0) is 6.92 Å². The van der Waals surface area contributed by atoms with E-state index in [1.807, 2.05) is 6.92 Å². The Morgan fingerprint density at radius 1 is 1.44 bits per heavy atom. The van der Waals surface area contributed by atoms with Crippen molar-refractivity contribution in [2.45, 2.75) is 39.2 Å². The first kappa shape index (κ1) is 11.7. The summed E-state index contributed by atoms with van der Waals surface area (Å²) in [6, 6.07) is 1.49. The van der Waals surface area contributed by atoms with Gasteiger partial charge in [0.15, 0.2) is 0 Å². The molecule has 0 nitrogen and oxygen atoms in total. The second-order valence-electron chi connectivity index (χ2n) is 2.12. The predicted octanol–water partition coefficient (Wildman–Crippen LogP) is 2.15. The summed E-state index contributed by atoms with van der Waals surface area (Å²) in [7, 11) is 1.40. The highest BCUT2D eigenvalue weighted by molar-refractivity contribution is 6.08. The topological polar surface area (TPSA) is 0 Å². The van der Waals surface area contributed by atoms with Gasteiger partial charge >= 0.3 is 0 Å². The van der Waals surface area contributed by atoms with Crippen molar-refractivity contribution in [3.05, 3.63) is 12.7 Å². The van der Waals surface area contributed by atoms with E-state index in [1.54, 1.807) is 6.08 Å². The standard InChI is InChI=1S/C5H14Si.C3H6/c1-2-3-4-5-6;1-3-2/h2-5H2,1,6H3;3H,1H2,2H3. The molecule has 0 radical (unpaired) electrons. The zero-order chi connectivity index (χ0) is 7.54. The summed E-state index contributed by atoms with van der Waals surface area (Å²) in [4.78, 5) is 0. The summed E-state index contributed by atoms with van der Waals surface area (Å²) in [5, 5.41) is 0. The van der Waals surface area contributed by atoms with Crippen molar-refractivity contribution in [1.82, 2.24) is 0 Å². The Morgan fingerprint density at radius 3 is 2.00 bits per heavy atom. The van der Waals surface area contributed by atoms with Crippen LogP contribution in [0.25, 0.3) is 0 Å². The van der Waals surface area contributed by atoms with E-state index in [-0.39, 0.29) is 0 Å². The summed E-state index contributed by atoms with van der Waals surface area (Å²) in [5.41, 5.74) is 0. The van der Waals surface area contributed by atoms with Crippen LogP contribution in [0.5, 0.6) is 0 Å². The zero-order valence-corrected chi connectivity index (χ0v) is 9.11. The summed E-state index contributed by atoms with van der Waals surface area (Å²) < 4.78 is 0. The lowest BCUT2D eigenvalue weighted by atomic mass is 10.3. The highest BCUT2D eigenvalue weighted by atomic mass is 28.1. The maximum absolute atomic E-state index is 3.36. The van der Waals surface area contributed by atoms with Crippen LogP contribution < -0.4 is 0 Å². The van der Waals surface area contributed by atoms with Crippen LogP contribution in [0.3, 0.4) is 0 Å². The van der Waals surface area contributed by atoms with E-state index in [4.69, 9.17) is 0 Å². The van der Waals surface area contributed by atoms with E-state index in [9.17, 15) is 0 Å². The molecule has 0 bridgehead atoms. The minimum absolute atomic E-state index is 1.38. The van der Waals surface area contributed by atoms with Gasteiger partial charge in [-0.2, -0.15) is 0 Å². The maximum Gasteiger partial charge on any atom is 0.00279 e. The van der Waals surface area contributed by atoms with E-state index in [2.05, 4.69) is 13.5 Å². The van der Waals surface area contributed by atoms with Gasteiger partial charge in [0.1, 0.15) is 0 Å². The quantitative estimate of drug-likeness (QED) is 0.323. The molecular formula is C8H20Si. The molecule has 0 saturated heterocycles. The van der Waals surface area contributed by atoms with Gasteiger partial charge in [0, 0.05) is 10.2 Å². The minimum Gasteiger partial charge on any atom is -0.103 e. The Morgan fingerprint density at radius 2 is 1.89 bits per heavy atom. The molecule has 0 unspecified atom stereocenters. The molecule has 0 atom stereocenters. The molecule has 0 spiro atoms. The molecular weight excluding hydrogens is 124 g/mol. The van der Waals surface area contributed by atoms with Gasteiger partial charge < -0.3 is 0 Å². The van der Waals surface area contributed by atoms with Gasteiger partial charge in [-0.15, -0.1) is 6.58 Å². The summed E-state index contributed by atoms with van der Waals surface area (Å²) in [6.07, 6.45) is 6.05. The second kappa shape index (κ2) is 15.7. The van der Waals surface area contributed by atoms with Gasteiger partial charge in [-0.25, -0.2) is 0 Å². The van der Waals surface area contributed by atoms with Crippen molar-refractivity contribution in [3.63, 3.8) is 0 Å². The van der Waals surface area contributed by atoms with Gasteiger partial charge in [-0.1, -0.05) is 38.3 Å². The average molecular weight is 144 g/mol. The third kappa shape index (κ3) is 32.3. The molecule has 0 aromatic rings. The molecule has 56 valence electrons. The zero-order valence-electron chi connectivity index (χ0n) is 7.11. The maximum atomic E-state index is 3.36. The molecule has 9 heavy (non-hydrogen) atoms. The fraction of sp³-hybridized carbons (Fsp3) is 0.750. The highest BCUT2D eigenvalue weighted by Crippen LogP contribution is 1.94. The van der Waals surface area contributed by atoms with E-state index in [0.717, 1.165) is 0 Å². The second-order valence-corrected chi connectivity index (χ2v) is 3.12. The normalized spacial score (nSPS) is 7.78. The Hall–Kier alpha value is -0.0431. The van der Waals surface area contributed by atoms with Crippen molar-refractivity contribution < 1.29 is 0 Å². The van der Waals surface area contributed by atoms with Crippen molar-refractivity contribution >= 4 is 10.2 Å². The van der Waals surface area contributed by atoms with Crippen LogP contribution in [-0.2, 0) is 0 Å². The third-order valence-electron chi connectivity index (χ3n) is 0.957. The first-order valence-electron chi connectivity index (χ1n) is 3.90. The summed E-state index contributed by atoms with van der Waals surface area (Å²) in [6.45, 7) is 7.50. The highest BCUT2D eigenvalue weighted by Gasteiger charge is 1.75. The van der Waals surface area contributed by atoms with E-state index >= 15 is 0 Å². The summed E-state index contributed by atoms with van der Waals surface area (Å²) in [5.74, 6) is 0. The molecule has 0 aliphatic heterocycles. The number of hydrogen-bond acceptors (Lipinski definition) is 0. The average Bonchev–Trinajstić information content (AvgIpc) is 1.86. The molecule has 0 fully saturated rings. The molecule has 0 aromatic heterocycles. The molecule has 0 aliphatic rings. The van der Waals surface area contributed by atoms with Gasteiger partial charge in [0.05, 0.1) is 0 Å². The lowest BCUT2D eigenvalue weighted by molar-refractivity contribution is 0.771. The van der Waals surface area contributed by atoms with E-state index in [1.165, 1.54) is 35.5 Å². The van der Waals surface area contributed by atoms with Gasteiger partial charge in [0.25, 0.3) is 0 Å². The monoisotopic (exact) mass is 144 g/mol. The number of hydrogen-bond donors (Lipinski definition) is 0. The number of rotatable bonds is 3. The Labute approximate surface area is 62.8 Å². The fourth-order valence-corrected chi connectivity index (χ4v) is 1.000. The third-order valence-corrected chi connectivity index (χ3v) is 1.66. The smallest absolute Gasteiger partial charge is 0.00279 e. The van der Waals surface area contributed by atoms with Crippen LogP contribution in [0.4, 0.5) is 0 Å². The summed E-state index contributed by atoms with van der Waals surface area (Å²) >= 11 is 0. The fourth-order valence-electron chi connectivity index (χ4n) is 0.500. The largest absolute Gasteiger partial charge is 0.103 e. The van der Waals surface area contributed by atoms with Crippen LogP contribution in [0.2, 0.25) is 6.04 Å². The van der Waals surface area contributed by atoms with Gasteiger partial charge in [-0.3, -0.25) is 0 Å². The molecule has 0 aromatic carbocycles. The molecule has 0 aliphatic carbocycles. The minimum atomic E-state index is 1.38. The lowest BCUT2D eigenvalue weighted by Crippen LogP contribution is -1.69. The van der Waals surface area contributed by atoms with Crippen molar-refractivity contribution in [2.24, 2.45) is 0 Å². The Kier molecular flexibility index (Phi) is 20.4. The van der Waals surface area contributed by atoms with Crippen molar-refractivity contribution in [1.29, 1.82) is 0 Å². The van der Waals surface area contributed by atoms with Crippen LogP contribution in [0.15, 0.2) is 12.7 Å². The SMILES string of the molecule is C=CC.CCCCC[SiH3]. The van der Waals surface area contributed by atoms with Crippen LogP contribution >= 0.6 is 0 Å². The lowest BCUT2D eigenvalue weighted by Gasteiger charge is -1.86. The molecule has 0 N–H and O–H groups in total. The molecule has 0 rings (SSSR count). The van der Waals surface area contributed by atoms with Crippen LogP contribution in [0, 0.1) is 0 Å². The van der Waals surface area contributed by atoms with Crippen molar-refractivity contribution in [3.8, 4) is 0 Å². The van der Waals surface area contributed by atoms with E-state index < -0.39 is 0 Å².